The van der Waals surface area contributed by atoms with Gasteiger partial charge >= 0.3 is 0 Å². The van der Waals surface area contributed by atoms with Crippen molar-refractivity contribution in [2.75, 3.05) is 39.3 Å². The third-order valence-electron chi connectivity index (χ3n) is 4.29. The third kappa shape index (κ3) is 3.08. The van der Waals surface area contributed by atoms with E-state index in [1.54, 1.807) is 0 Å². The maximum atomic E-state index is 2.67. The lowest BCUT2D eigenvalue weighted by Crippen LogP contribution is -2.56. The predicted molar refractivity (Wildman–Crippen MR) is 73.0 cm³/mol. The van der Waals surface area contributed by atoms with Crippen LogP contribution in [0, 0.1) is 5.92 Å². The molecule has 0 aliphatic carbocycles. The van der Waals surface area contributed by atoms with E-state index in [9.17, 15) is 0 Å². The molecule has 0 unspecified atom stereocenters. The molecule has 2 aliphatic rings. The average molecular weight is 238 g/mol. The highest BCUT2D eigenvalue weighted by atomic mass is 15.3. The van der Waals surface area contributed by atoms with Crippen LogP contribution in [0.15, 0.2) is 0 Å². The summed E-state index contributed by atoms with van der Waals surface area (Å²) in [6.07, 6.45) is 2.22. The monoisotopic (exact) mass is 238 g/mol. The Hall–Kier alpha value is -0.410. The Labute approximate surface area is 106 Å². The predicted octanol–water partition coefficient (Wildman–Crippen LogP) is 1.13. The zero-order chi connectivity index (χ0) is 12.4. The summed E-state index contributed by atoms with van der Waals surface area (Å²) in [7, 11) is 0. The van der Waals surface area contributed by atoms with E-state index in [1.807, 2.05) is 0 Å². The minimum Gasteiger partial charge on any atom is -0.300 e. The molecule has 0 bridgehead atoms. The Balaban J connectivity index is 1.74. The summed E-state index contributed by atoms with van der Waals surface area (Å²) in [5.74, 6) is 0.906. The summed E-state index contributed by atoms with van der Waals surface area (Å²) in [6, 6.07) is 1.42. The summed E-state index contributed by atoms with van der Waals surface area (Å²) in [5.41, 5.74) is 0. The maximum Gasteiger partial charge on any atom is 0.152 e. The molecule has 2 heterocycles. The molecule has 2 fully saturated rings. The van der Waals surface area contributed by atoms with Crippen LogP contribution in [0.25, 0.3) is 0 Å². The van der Waals surface area contributed by atoms with Crippen molar-refractivity contribution in [3.63, 3.8) is 0 Å². The molecule has 3 heteroatoms. The van der Waals surface area contributed by atoms with Gasteiger partial charge in [0.05, 0.1) is 5.92 Å². The lowest BCUT2D eigenvalue weighted by molar-refractivity contribution is -0.601. The molecule has 0 aromatic carbocycles. The van der Waals surface area contributed by atoms with E-state index in [2.05, 4.69) is 48.3 Å². The van der Waals surface area contributed by atoms with Crippen molar-refractivity contribution < 1.29 is 4.58 Å². The van der Waals surface area contributed by atoms with E-state index in [-0.39, 0.29) is 0 Å². The van der Waals surface area contributed by atoms with Crippen LogP contribution in [0.3, 0.4) is 0 Å². The van der Waals surface area contributed by atoms with Crippen LogP contribution in [0.4, 0.5) is 0 Å². The van der Waals surface area contributed by atoms with Crippen LogP contribution >= 0.6 is 0 Å². The van der Waals surface area contributed by atoms with Gasteiger partial charge in [-0.25, -0.2) is 4.58 Å². The average Bonchev–Trinajstić information content (AvgIpc) is 2.22. The van der Waals surface area contributed by atoms with Crippen molar-refractivity contribution >= 4 is 6.21 Å². The first-order valence-electron chi connectivity index (χ1n) is 7.11. The third-order valence-corrected chi connectivity index (χ3v) is 4.29. The molecular weight excluding hydrogens is 210 g/mol. The van der Waals surface area contributed by atoms with E-state index >= 15 is 0 Å². The van der Waals surface area contributed by atoms with Crippen LogP contribution in [0.2, 0.25) is 0 Å². The van der Waals surface area contributed by atoms with Crippen molar-refractivity contribution in [3.8, 4) is 0 Å². The first kappa shape index (κ1) is 13.0. The summed E-state index contributed by atoms with van der Waals surface area (Å²) >= 11 is 0. The Bertz CT molecular complexity index is 277. The molecule has 0 aromatic heterocycles. The number of hydrogen-bond donors (Lipinski definition) is 0. The number of rotatable bonds is 3. The lowest BCUT2D eigenvalue weighted by atomic mass is 10.0. The standard InChI is InChI=1S/C14H28N3/c1-5-15-9-14(10-15)11-16-6-7-17(12(2)3)13(4)8-16/h5,12-14H,6-11H2,1-4H3/q+1/t13-,14?/m1/s1. The Morgan fingerprint density at radius 3 is 2.53 bits per heavy atom. The fourth-order valence-corrected chi connectivity index (χ4v) is 3.28. The molecule has 2 aliphatic heterocycles. The molecule has 0 N–H and O–H groups in total. The van der Waals surface area contributed by atoms with Crippen LogP contribution in [-0.2, 0) is 0 Å². The van der Waals surface area contributed by atoms with Crippen molar-refractivity contribution in [2.45, 2.75) is 39.8 Å². The van der Waals surface area contributed by atoms with Gasteiger partial charge in [0, 0.05) is 45.2 Å². The van der Waals surface area contributed by atoms with Crippen LogP contribution in [0.5, 0.6) is 0 Å². The van der Waals surface area contributed by atoms with Crippen molar-refractivity contribution in [2.24, 2.45) is 5.92 Å². The summed E-state index contributed by atoms with van der Waals surface area (Å²) in [5, 5.41) is 0. The fraction of sp³-hybridized carbons (Fsp3) is 0.929. The van der Waals surface area contributed by atoms with Crippen LogP contribution in [0.1, 0.15) is 27.7 Å². The number of nitrogens with zero attached hydrogens (tertiary/aromatic N) is 3. The van der Waals surface area contributed by atoms with Crippen molar-refractivity contribution in [3.05, 3.63) is 0 Å². The highest BCUT2D eigenvalue weighted by molar-refractivity contribution is 5.47. The van der Waals surface area contributed by atoms with Crippen molar-refractivity contribution in [1.82, 2.24) is 9.80 Å². The molecule has 17 heavy (non-hydrogen) atoms. The fourth-order valence-electron chi connectivity index (χ4n) is 3.28. The maximum absolute atomic E-state index is 2.67. The van der Waals surface area contributed by atoms with E-state index in [1.165, 1.54) is 39.3 Å². The van der Waals surface area contributed by atoms with E-state index < -0.39 is 0 Å². The molecule has 0 saturated carbocycles. The molecule has 98 valence electrons. The topological polar surface area (TPSA) is 9.49 Å². The molecule has 2 saturated heterocycles. The summed E-state index contributed by atoms with van der Waals surface area (Å²) in [4.78, 5) is 5.30. The van der Waals surface area contributed by atoms with E-state index in [0.29, 0.717) is 6.04 Å². The Morgan fingerprint density at radius 2 is 2.00 bits per heavy atom. The molecule has 0 spiro atoms. The van der Waals surface area contributed by atoms with E-state index in [4.69, 9.17) is 0 Å². The van der Waals surface area contributed by atoms with Crippen LogP contribution < -0.4 is 0 Å². The van der Waals surface area contributed by atoms with Gasteiger partial charge in [-0.1, -0.05) is 0 Å². The van der Waals surface area contributed by atoms with Gasteiger partial charge in [-0.05, 0) is 20.8 Å². The van der Waals surface area contributed by atoms with Crippen LogP contribution in [-0.4, -0.2) is 71.9 Å². The highest BCUT2D eigenvalue weighted by Crippen LogP contribution is 2.17. The molecule has 3 nitrogen and oxygen atoms in total. The second-order valence-corrected chi connectivity index (χ2v) is 6.02. The first-order valence-corrected chi connectivity index (χ1v) is 7.11. The van der Waals surface area contributed by atoms with Gasteiger partial charge in [0.2, 0.25) is 0 Å². The number of piperazine rings is 1. The molecule has 1 atom stereocenters. The second kappa shape index (κ2) is 5.49. The molecule has 2 rings (SSSR count). The number of hydrogen-bond acceptors (Lipinski definition) is 2. The minimum atomic E-state index is 0.695. The lowest BCUT2D eigenvalue weighted by Gasteiger charge is -2.43. The normalized spacial score (nSPS) is 31.7. The zero-order valence-electron chi connectivity index (χ0n) is 11.9. The van der Waals surface area contributed by atoms with Gasteiger partial charge in [0.1, 0.15) is 6.21 Å². The zero-order valence-corrected chi connectivity index (χ0v) is 11.9. The first-order chi connectivity index (χ1) is 8.10. The van der Waals surface area contributed by atoms with Gasteiger partial charge in [-0.2, -0.15) is 0 Å². The van der Waals surface area contributed by atoms with E-state index in [0.717, 1.165) is 12.0 Å². The second-order valence-electron chi connectivity index (χ2n) is 6.02. The molecular formula is C14H28N3+. The minimum absolute atomic E-state index is 0.695. The summed E-state index contributed by atoms with van der Waals surface area (Å²) < 4.78 is 2.42. The molecule has 0 radical (unpaired) electrons. The highest BCUT2D eigenvalue weighted by Gasteiger charge is 2.34. The van der Waals surface area contributed by atoms with Crippen molar-refractivity contribution in [1.29, 1.82) is 0 Å². The SMILES string of the molecule is CC=[N+]1CC(CN2CCN(C(C)C)[C@H](C)C2)C1. The van der Waals surface area contributed by atoms with Gasteiger partial charge in [0.15, 0.2) is 13.1 Å². The Kier molecular flexibility index (Phi) is 4.21. The van der Waals surface area contributed by atoms with Gasteiger partial charge in [-0.3, -0.25) is 9.80 Å². The smallest absolute Gasteiger partial charge is 0.152 e. The molecule has 0 aromatic rings. The van der Waals surface area contributed by atoms with Gasteiger partial charge in [-0.15, -0.1) is 0 Å². The quantitative estimate of drug-likeness (QED) is 0.682. The summed E-state index contributed by atoms with van der Waals surface area (Å²) in [6.45, 7) is 16.7. The van der Waals surface area contributed by atoms with Gasteiger partial charge < -0.3 is 0 Å². The Morgan fingerprint density at radius 1 is 1.29 bits per heavy atom. The van der Waals surface area contributed by atoms with Gasteiger partial charge in [0.25, 0.3) is 0 Å². The largest absolute Gasteiger partial charge is 0.300 e. The molecule has 0 amide bonds.